The molecule has 0 amide bonds. The number of hydrogen-bond donors (Lipinski definition) is 1. The molecule has 0 aliphatic heterocycles. The third kappa shape index (κ3) is 1.74. The number of benzene rings is 1. The van der Waals surface area contributed by atoms with E-state index >= 15 is 0 Å². The summed E-state index contributed by atoms with van der Waals surface area (Å²) in [7, 11) is 3.98. The van der Waals surface area contributed by atoms with Crippen molar-refractivity contribution in [2.45, 2.75) is 13.5 Å². The zero-order chi connectivity index (χ0) is 13.6. The Kier molecular flexibility index (Phi) is 2.64. The van der Waals surface area contributed by atoms with Crippen LogP contribution in [0.25, 0.3) is 22.3 Å². The predicted octanol–water partition coefficient (Wildman–Crippen LogP) is 1.74. The molecule has 0 aliphatic rings. The molecule has 0 spiro atoms. The SMILES string of the molecule is Cc1nc2cc(-c3ncn(C)c3CN)ccc2n1C. The van der Waals surface area contributed by atoms with Crippen LogP contribution in [0.4, 0.5) is 0 Å². The maximum atomic E-state index is 5.79. The fraction of sp³-hybridized carbons (Fsp3) is 0.286. The molecule has 0 radical (unpaired) electrons. The van der Waals surface area contributed by atoms with Gasteiger partial charge < -0.3 is 14.9 Å². The van der Waals surface area contributed by atoms with Crippen LogP contribution in [0.15, 0.2) is 24.5 Å². The minimum absolute atomic E-state index is 0.477. The average molecular weight is 255 g/mol. The van der Waals surface area contributed by atoms with Crippen LogP contribution in [0.1, 0.15) is 11.5 Å². The molecular formula is C14H17N5. The lowest BCUT2D eigenvalue weighted by Gasteiger charge is -2.04. The van der Waals surface area contributed by atoms with Gasteiger partial charge in [-0.2, -0.15) is 0 Å². The van der Waals surface area contributed by atoms with Crippen molar-refractivity contribution in [3.05, 3.63) is 36.0 Å². The smallest absolute Gasteiger partial charge is 0.106 e. The molecule has 2 aromatic heterocycles. The molecule has 0 saturated heterocycles. The van der Waals surface area contributed by atoms with Gasteiger partial charge >= 0.3 is 0 Å². The van der Waals surface area contributed by atoms with E-state index in [2.05, 4.69) is 32.7 Å². The Balaban J connectivity index is 2.20. The fourth-order valence-corrected chi connectivity index (χ4v) is 2.40. The highest BCUT2D eigenvalue weighted by molar-refractivity contribution is 5.82. The number of rotatable bonds is 2. The van der Waals surface area contributed by atoms with E-state index in [0.29, 0.717) is 6.54 Å². The van der Waals surface area contributed by atoms with Gasteiger partial charge in [-0.1, -0.05) is 6.07 Å². The van der Waals surface area contributed by atoms with Gasteiger partial charge in [0.1, 0.15) is 5.82 Å². The summed E-state index contributed by atoms with van der Waals surface area (Å²) in [4.78, 5) is 9.00. The van der Waals surface area contributed by atoms with Crippen LogP contribution >= 0.6 is 0 Å². The third-order valence-electron chi connectivity index (χ3n) is 3.63. The minimum Gasteiger partial charge on any atom is -0.336 e. The highest BCUT2D eigenvalue weighted by Gasteiger charge is 2.12. The number of aryl methyl sites for hydroxylation is 3. The summed E-state index contributed by atoms with van der Waals surface area (Å²) in [5, 5.41) is 0. The van der Waals surface area contributed by atoms with Crippen LogP contribution in [-0.2, 0) is 20.6 Å². The van der Waals surface area contributed by atoms with Crippen LogP contribution in [0.2, 0.25) is 0 Å². The van der Waals surface area contributed by atoms with E-state index in [1.165, 1.54) is 0 Å². The van der Waals surface area contributed by atoms with Gasteiger partial charge in [-0.3, -0.25) is 0 Å². The van der Waals surface area contributed by atoms with Crippen LogP contribution in [0.3, 0.4) is 0 Å². The first kappa shape index (κ1) is 11.9. The van der Waals surface area contributed by atoms with Crippen molar-refractivity contribution in [2.75, 3.05) is 0 Å². The van der Waals surface area contributed by atoms with Crippen molar-refractivity contribution in [1.29, 1.82) is 0 Å². The summed E-state index contributed by atoms with van der Waals surface area (Å²) in [6, 6.07) is 6.23. The van der Waals surface area contributed by atoms with Crippen molar-refractivity contribution in [3.63, 3.8) is 0 Å². The number of nitrogens with zero attached hydrogens (tertiary/aromatic N) is 4. The first-order valence-corrected chi connectivity index (χ1v) is 6.25. The summed E-state index contributed by atoms with van der Waals surface area (Å²) in [5.41, 5.74) is 11.0. The van der Waals surface area contributed by atoms with E-state index in [0.717, 1.165) is 33.8 Å². The molecule has 0 aliphatic carbocycles. The zero-order valence-corrected chi connectivity index (χ0v) is 11.4. The van der Waals surface area contributed by atoms with E-state index < -0.39 is 0 Å². The predicted molar refractivity (Wildman–Crippen MR) is 75.5 cm³/mol. The number of imidazole rings is 2. The number of fused-ring (bicyclic) bond motifs is 1. The van der Waals surface area contributed by atoms with Crippen LogP contribution < -0.4 is 5.73 Å². The highest BCUT2D eigenvalue weighted by atomic mass is 15.1. The maximum Gasteiger partial charge on any atom is 0.106 e. The molecule has 1 aromatic carbocycles. The molecule has 5 nitrogen and oxygen atoms in total. The van der Waals surface area contributed by atoms with Crippen molar-refractivity contribution < 1.29 is 0 Å². The van der Waals surface area contributed by atoms with Gasteiger partial charge in [0.25, 0.3) is 0 Å². The van der Waals surface area contributed by atoms with E-state index in [1.807, 2.05) is 25.6 Å². The monoisotopic (exact) mass is 255 g/mol. The van der Waals surface area contributed by atoms with E-state index in [-0.39, 0.29) is 0 Å². The lowest BCUT2D eigenvalue weighted by Crippen LogP contribution is -2.04. The van der Waals surface area contributed by atoms with Crippen molar-refractivity contribution >= 4 is 11.0 Å². The van der Waals surface area contributed by atoms with Gasteiger partial charge in [-0.05, 0) is 19.1 Å². The molecule has 0 unspecified atom stereocenters. The van der Waals surface area contributed by atoms with Gasteiger partial charge in [0, 0.05) is 26.2 Å². The van der Waals surface area contributed by atoms with E-state index in [1.54, 1.807) is 6.33 Å². The van der Waals surface area contributed by atoms with E-state index in [9.17, 15) is 0 Å². The minimum atomic E-state index is 0.477. The Hall–Kier alpha value is -2.14. The van der Waals surface area contributed by atoms with E-state index in [4.69, 9.17) is 5.73 Å². The maximum absolute atomic E-state index is 5.79. The van der Waals surface area contributed by atoms with Gasteiger partial charge in [-0.25, -0.2) is 9.97 Å². The largest absolute Gasteiger partial charge is 0.336 e. The second kappa shape index (κ2) is 4.20. The van der Waals surface area contributed by atoms with Gasteiger partial charge in [0.05, 0.1) is 28.7 Å². The second-order valence-corrected chi connectivity index (χ2v) is 4.78. The molecule has 5 heteroatoms. The Bertz CT molecular complexity index is 751. The summed E-state index contributed by atoms with van der Waals surface area (Å²) in [6.07, 6.45) is 1.80. The lowest BCUT2D eigenvalue weighted by atomic mass is 10.1. The Morgan fingerprint density at radius 3 is 2.79 bits per heavy atom. The Morgan fingerprint density at radius 1 is 1.26 bits per heavy atom. The van der Waals surface area contributed by atoms with Crippen LogP contribution in [-0.4, -0.2) is 19.1 Å². The standard InChI is InChI=1S/C14H17N5/c1-9-17-11-6-10(4-5-12(11)19(9)3)14-13(7-15)18(2)8-16-14/h4-6,8H,7,15H2,1-3H3. The Labute approximate surface area is 111 Å². The fourth-order valence-electron chi connectivity index (χ4n) is 2.40. The number of hydrogen-bond acceptors (Lipinski definition) is 3. The molecule has 3 rings (SSSR count). The normalized spacial score (nSPS) is 11.4. The van der Waals surface area contributed by atoms with Gasteiger partial charge in [0.2, 0.25) is 0 Å². The molecule has 2 heterocycles. The first-order chi connectivity index (χ1) is 9.11. The molecule has 98 valence electrons. The molecule has 0 bridgehead atoms. The molecule has 0 fully saturated rings. The second-order valence-electron chi connectivity index (χ2n) is 4.78. The summed E-state index contributed by atoms with van der Waals surface area (Å²) in [5.74, 6) is 1.01. The summed E-state index contributed by atoms with van der Waals surface area (Å²) >= 11 is 0. The van der Waals surface area contributed by atoms with Crippen molar-refractivity contribution in [2.24, 2.45) is 19.8 Å². The topological polar surface area (TPSA) is 61.7 Å². The molecule has 2 N–H and O–H groups in total. The molecule has 0 atom stereocenters. The number of aromatic nitrogens is 4. The first-order valence-electron chi connectivity index (χ1n) is 6.25. The average Bonchev–Trinajstić information content (AvgIpc) is 2.90. The Morgan fingerprint density at radius 2 is 2.05 bits per heavy atom. The lowest BCUT2D eigenvalue weighted by molar-refractivity contribution is 0.822. The summed E-state index contributed by atoms with van der Waals surface area (Å²) < 4.78 is 4.05. The molecular weight excluding hydrogens is 238 g/mol. The zero-order valence-electron chi connectivity index (χ0n) is 11.4. The third-order valence-corrected chi connectivity index (χ3v) is 3.63. The van der Waals surface area contributed by atoms with Crippen LogP contribution in [0.5, 0.6) is 0 Å². The molecule has 3 aromatic rings. The molecule has 0 saturated carbocycles. The quantitative estimate of drug-likeness (QED) is 0.758. The van der Waals surface area contributed by atoms with Crippen molar-refractivity contribution in [1.82, 2.24) is 19.1 Å². The van der Waals surface area contributed by atoms with Gasteiger partial charge in [0.15, 0.2) is 0 Å². The van der Waals surface area contributed by atoms with Crippen LogP contribution in [0, 0.1) is 6.92 Å². The highest BCUT2D eigenvalue weighted by Crippen LogP contribution is 2.25. The summed E-state index contributed by atoms with van der Waals surface area (Å²) in [6.45, 7) is 2.48. The van der Waals surface area contributed by atoms with Crippen molar-refractivity contribution in [3.8, 4) is 11.3 Å². The van der Waals surface area contributed by atoms with Gasteiger partial charge in [-0.15, -0.1) is 0 Å². The number of nitrogens with two attached hydrogens (primary N) is 1. The molecule has 19 heavy (non-hydrogen) atoms.